The summed E-state index contributed by atoms with van der Waals surface area (Å²) in [6.07, 6.45) is 3.09. The third kappa shape index (κ3) is 5.45. The number of halogens is 6. The summed E-state index contributed by atoms with van der Waals surface area (Å²) in [6.45, 7) is 0.242. The molecule has 4 aromatic rings. The molecule has 0 fully saturated rings. The summed E-state index contributed by atoms with van der Waals surface area (Å²) >= 11 is 30.3. The topological polar surface area (TPSA) is 69.3 Å². The first kappa shape index (κ1) is 24.7. The molecule has 0 aliphatic heterocycles. The zero-order valence-corrected chi connectivity index (χ0v) is 20.7. The largest absolute Gasteiger partial charge is 0.482 e. The summed E-state index contributed by atoms with van der Waals surface area (Å²) in [5, 5.41) is 6.87. The van der Waals surface area contributed by atoms with Crippen LogP contribution in [0.2, 0.25) is 25.1 Å². The number of ether oxygens (including phenoxy) is 1. The quantitative estimate of drug-likeness (QED) is 0.184. The van der Waals surface area contributed by atoms with Crippen LogP contribution in [0.3, 0.4) is 0 Å². The van der Waals surface area contributed by atoms with Crippen molar-refractivity contribution in [1.82, 2.24) is 9.78 Å². The van der Waals surface area contributed by atoms with Gasteiger partial charge < -0.3 is 14.5 Å². The highest BCUT2D eigenvalue weighted by atomic mass is 35.5. The Hall–Kier alpha value is -2.42. The molecule has 2 aromatic carbocycles. The minimum Gasteiger partial charge on any atom is -0.482 e. The first-order chi connectivity index (χ1) is 16.2. The van der Waals surface area contributed by atoms with Gasteiger partial charge in [0.1, 0.15) is 28.2 Å². The van der Waals surface area contributed by atoms with E-state index < -0.39 is 5.91 Å². The molecule has 0 atom stereocenters. The van der Waals surface area contributed by atoms with Crippen molar-refractivity contribution < 1.29 is 18.3 Å². The van der Waals surface area contributed by atoms with Crippen LogP contribution in [0.4, 0.5) is 10.1 Å². The molecule has 6 nitrogen and oxygen atoms in total. The highest BCUT2D eigenvalue weighted by Crippen LogP contribution is 2.48. The van der Waals surface area contributed by atoms with E-state index in [0.717, 1.165) is 5.56 Å². The van der Waals surface area contributed by atoms with E-state index in [9.17, 15) is 9.18 Å². The van der Waals surface area contributed by atoms with Gasteiger partial charge in [-0.2, -0.15) is 5.10 Å². The van der Waals surface area contributed by atoms with Crippen molar-refractivity contribution in [2.24, 2.45) is 0 Å². The van der Waals surface area contributed by atoms with Crippen LogP contribution in [0.1, 0.15) is 21.9 Å². The van der Waals surface area contributed by atoms with Crippen LogP contribution in [-0.4, -0.2) is 15.7 Å². The van der Waals surface area contributed by atoms with Crippen LogP contribution in [-0.2, 0) is 13.2 Å². The van der Waals surface area contributed by atoms with Crippen LogP contribution >= 0.6 is 58.0 Å². The SMILES string of the molecule is O=C(Nc1cnn(Cc2cccc(F)c2)c1)c1ccc(COc2c(Cl)c(Cl)c(Cl)c(Cl)c2Cl)o1. The molecule has 4 rings (SSSR count). The Bertz CT molecular complexity index is 1340. The van der Waals surface area contributed by atoms with Crippen molar-refractivity contribution in [3.63, 3.8) is 0 Å². The molecule has 0 aliphatic carbocycles. The molecule has 1 amide bonds. The Morgan fingerprint density at radius 3 is 2.44 bits per heavy atom. The molecular weight excluding hydrogens is 551 g/mol. The van der Waals surface area contributed by atoms with Crippen molar-refractivity contribution in [3.8, 4) is 5.75 Å². The van der Waals surface area contributed by atoms with Crippen molar-refractivity contribution in [2.45, 2.75) is 13.2 Å². The maximum Gasteiger partial charge on any atom is 0.291 e. The number of hydrogen-bond acceptors (Lipinski definition) is 4. The molecule has 34 heavy (non-hydrogen) atoms. The van der Waals surface area contributed by atoms with Gasteiger partial charge in [-0.25, -0.2) is 4.39 Å². The Morgan fingerprint density at radius 2 is 1.74 bits per heavy atom. The summed E-state index contributed by atoms with van der Waals surface area (Å²) in [4.78, 5) is 12.5. The lowest BCUT2D eigenvalue weighted by Gasteiger charge is -2.12. The van der Waals surface area contributed by atoms with E-state index in [1.54, 1.807) is 29.1 Å². The van der Waals surface area contributed by atoms with E-state index in [0.29, 0.717) is 18.0 Å². The highest BCUT2D eigenvalue weighted by Gasteiger charge is 2.21. The fourth-order valence-electron chi connectivity index (χ4n) is 2.96. The van der Waals surface area contributed by atoms with Crippen molar-refractivity contribution in [2.75, 3.05) is 5.32 Å². The minimum atomic E-state index is -0.495. The highest BCUT2D eigenvalue weighted by molar-refractivity contribution is 6.55. The smallest absolute Gasteiger partial charge is 0.291 e. The molecule has 0 radical (unpaired) electrons. The minimum absolute atomic E-state index is 0.000780. The van der Waals surface area contributed by atoms with E-state index >= 15 is 0 Å². The van der Waals surface area contributed by atoms with E-state index in [1.807, 2.05) is 0 Å². The maximum atomic E-state index is 13.3. The second kappa shape index (κ2) is 10.5. The number of nitrogens with zero attached hydrogens (tertiary/aromatic N) is 2. The van der Waals surface area contributed by atoms with Crippen molar-refractivity contribution in [1.29, 1.82) is 0 Å². The predicted octanol–water partition coefficient (Wildman–Crippen LogP) is 7.76. The number of anilines is 1. The van der Waals surface area contributed by atoms with Gasteiger partial charge in [-0.3, -0.25) is 9.48 Å². The molecule has 2 aromatic heterocycles. The fraction of sp³-hybridized carbons (Fsp3) is 0.0909. The average molecular weight is 564 g/mol. The van der Waals surface area contributed by atoms with Gasteiger partial charge >= 0.3 is 0 Å². The van der Waals surface area contributed by atoms with E-state index in [1.165, 1.54) is 24.4 Å². The van der Waals surface area contributed by atoms with Crippen LogP contribution in [0, 0.1) is 5.82 Å². The van der Waals surface area contributed by atoms with Gasteiger partial charge in [0.05, 0.1) is 33.5 Å². The number of carbonyl (C=O) groups excluding carboxylic acids is 1. The van der Waals surface area contributed by atoms with Gasteiger partial charge in [-0.15, -0.1) is 0 Å². The Kier molecular flexibility index (Phi) is 7.60. The standard InChI is InChI=1S/C22H13Cl5FN3O3/c23-16-17(24)19(26)21(20(27)18(16)25)33-10-14-4-5-15(34-14)22(32)30-13-7-29-31(9-13)8-11-2-1-3-12(28)6-11/h1-7,9H,8,10H2,(H,30,32). The van der Waals surface area contributed by atoms with Gasteiger partial charge in [0, 0.05) is 6.20 Å². The molecule has 0 saturated carbocycles. The van der Waals surface area contributed by atoms with Crippen molar-refractivity contribution in [3.05, 3.63) is 96.8 Å². The van der Waals surface area contributed by atoms with Gasteiger partial charge in [0.2, 0.25) is 0 Å². The summed E-state index contributed by atoms with van der Waals surface area (Å²) in [5.41, 5.74) is 1.18. The monoisotopic (exact) mass is 561 g/mol. The second-order valence-electron chi connectivity index (χ2n) is 6.96. The molecule has 0 spiro atoms. The molecular formula is C22H13Cl5FN3O3. The number of carbonyl (C=O) groups is 1. The molecule has 176 valence electrons. The number of benzene rings is 2. The summed E-state index contributed by atoms with van der Waals surface area (Å²) in [5.74, 6) is -0.425. The first-order valence-corrected chi connectivity index (χ1v) is 11.4. The maximum absolute atomic E-state index is 13.3. The number of aromatic nitrogens is 2. The number of rotatable bonds is 7. The van der Waals surface area contributed by atoms with Gasteiger partial charge in [0.25, 0.3) is 5.91 Å². The number of furan rings is 1. The van der Waals surface area contributed by atoms with Gasteiger partial charge in [-0.05, 0) is 29.8 Å². The molecule has 1 N–H and O–H groups in total. The Labute approximate surface area is 218 Å². The zero-order chi connectivity index (χ0) is 24.4. The molecule has 0 bridgehead atoms. The Balaban J connectivity index is 1.38. The molecule has 0 aliphatic rings. The lowest BCUT2D eigenvalue weighted by atomic mass is 10.2. The number of nitrogens with one attached hydrogen (secondary N) is 1. The third-order valence-electron chi connectivity index (χ3n) is 4.54. The lowest BCUT2D eigenvalue weighted by molar-refractivity contribution is 0.0992. The third-order valence-corrected chi connectivity index (χ3v) is 6.78. The normalized spacial score (nSPS) is 11.0. The zero-order valence-electron chi connectivity index (χ0n) is 16.9. The van der Waals surface area contributed by atoms with Crippen LogP contribution in [0.25, 0.3) is 0 Å². The van der Waals surface area contributed by atoms with Gasteiger partial charge in [0.15, 0.2) is 11.5 Å². The lowest BCUT2D eigenvalue weighted by Crippen LogP contribution is -2.10. The number of hydrogen-bond donors (Lipinski definition) is 1. The Morgan fingerprint density at radius 1 is 1.03 bits per heavy atom. The number of amides is 1. The first-order valence-electron chi connectivity index (χ1n) is 9.54. The molecule has 2 heterocycles. The van der Waals surface area contributed by atoms with Gasteiger partial charge in [-0.1, -0.05) is 70.1 Å². The predicted molar refractivity (Wildman–Crippen MR) is 130 cm³/mol. The van der Waals surface area contributed by atoms with E-state index in [-0.39, 0.29) is 49.0 Å². The van der Waals surface area contributed by atoms with Crippen molar-refractivity contribution >= 4 is 69.6 Å². The van der Waals surface area contributed by atoms with Crippen LogP contribution in [0.15, 0.2) is 53.2 Å². The van der Waals surface area contributed by atoms with E-state index in [4.69, 9.17) is 67.2 Å². The molecule has 0 unspecified atom stereocenters. The average Bonchev–Trinajstić information content (AvgIpc) is 3.46. The summed E-state index contributed by atoms with van der Waals surface area (Å²) in [6, 6.07) is 9.22. The van der Waals surface area contributed by atoms with E-state index in [2.05, 4.69) is 10.4 Å². The fourth-order valence-corrected chi connectivity index (χ4v) is 4.19. The van der Waals surface area contributed by atoms with Crippen LogP contribution < -0.4 is 10.1 Å². The van der Waals surface area contributed by atoms with Crippen LogP contribution in [0.5, 0.6) is 5.75 Å². The molecule has 12 heteroatoms. The second-order valence-corrected chi connectivity index (χ2v) is 8.85. The summed E-state index contributed by atoms with van der Waals surface area (Å²) in [7, 11) is 0. The summed E-state index contributed by atoms with van der Waals surface area (Å²) < 4.78 is 26.0. The molecule has 0 saturated heterocycles.